The van der Waals surface area contributed by atoms with E-state index in [4.69, 9.17) is 0 Å². The number of aliphatic imine (C=N–C) groups is 1. The van der Waals surface area contributed by atoms with E-state index >= 15 is 0 Å². The van der Waals surface area contributed by atoms with Crippen molar-refractivity contribution in [2.75, 3.05) is 7.05 Å². The maximum Gasteiger partial charge on any atom is 0.191 e. The van der Waals surface area contributed by atoms with E-state index in [-0.39, 0.29) is 5.82 Å². The van der Waals surface area contributed by atoms with Gasteiger partial charge >= 0.3 is 0 Å². The van der Waals surface area contributed by atoms with Crippen LogP contribution in [0.2, 0.25) is 0 Å². The van der Waals surface area contributed by atoms with Crippen LogP contribution < -0.4 is 10.6 Å². The number of aromatic nitrogens is 3. The van der Waals surface area contributed by atoms with E-state index in [1.165, 1.54) is 18.5 Å². The van der Waals surface area contributed by atoms with Crippen molar-refractivity contribution in [3.8, 4) is 0 Å². The summed E-state index contributed by atoms with van der Waals surface area (Å²) < 4.78 is 15.0. The zero-order chi connectivity index (χ0) is 18.2. The predicted octanol–water partition coefficient (Wildman–Crippen LogP) is 2.33. The topological polar surface area (TPSA) is 67.1 Å². The summed E-state index contributed by atoms with van der Waals surface area (Å²) in [4.78, 5) is 8.16. The highest BCUT2D eigenvalue weighted by molar-refractivity contribution is 5.79. The molecular formula is C19H21FN6. The average molecular weight is 352 g/mol. The first-order chi connectivity index (χ1) is 12.7. The highest BCUT2D eigenvalue weighted by atomic mass is 19.1. The highest BCUT2D eigenvalue weighted by Crippen LogP contribution is 2.07. The number of rotatable bonds is 6. The molecule has 0 spiro atoms. The summed E-state index contributed by atoms with van der Waals surface area (Å²) in [6.45, 7) is 1.82. The zero-order valence-electron chi connectivity index (χ0n) is 14.6. The number of nitrogens with zero attached hydrogens (tertiary/aromatic N) is 4. The van der Waals surface area contributed by atoms with Crippen molar-refractivity contribution in [1.29, 1.82) is 0 Å². The number of benzene rings is 2. The Bertz CT molecular complexity index is 860. The Hall–Kier alpha value is -3.22. The molecule has 26 heavy (non-hydrogen) atoms. The second kappa shape index (κ2) is 8.75. The van der Waals surface area contributed by atoms with Gasteiger partial charge in [-0.3, -0.25) is 4.99 Å². The summed E-state index contributed by atoms with van der Waals surface area (Å²) in [5.74, 6) is 0.424. The fourth-order valence-corrected chi connectivity index (χ4v) is 2.58. The van der Waals surface area contributed by atoms with Crippen LogP contribution in [0.4, 0.5) is 4.39 Å². The lowest BCUT2D eigenvalue weighted by atomic mass is 10.1. The van der Waals surface area contributed by atoms with Gasteiger partial charge in [-0.2, -0.15) is 5.10 Å². The number of guanidine groups is 1. The zero-order valence-corrected chi connectivity index (χ0v) is 14.6. The fraction of sp³-hybridized carbons (Fsp3) is 0.211. The van der Waals surface area contributed by atoms with Crippen LogP contribution in [0.1, 0.15) is 16.7 Å². The van der Waals surface area contributed by atoms with E-state index in [0.717, 1.165) is 16.7 Å². The summed E-state index contributed by atoms with van der Waals surface area (Å²) in [6.07, 6.45) is 3.22. The quantitative estimate of drug-likeness (QED) is 0.528. The molecule has 7 heteroatoms. The van der Waals surface area contributed by atoms with Gasteiger partial charge in [-0.1, -0.05) is 36.4 Å². The first kappa shape index (κ1) is 17.6. The van der Waals surface area contributed by atoms with Crippen molar-refractivity contribution in [2.45, 2.75) is 19.6 Å². The lowest BCUT2D eigenvalue weighted by molar-refractivity contribution is 0.624. The predicted molar refractivity (Wildman–Crippen MR) is 99.0 cm³/mol. The highest BCUT2D eigenvalue weighted by Gasteiger charge is 2.02. The summed E-state index contributed by atoms with van der Waals surface area (Å²) >= 11 is 0. The Morgan fingerprint density at radius 2 is 1.73 bits per heavy atom. The first-order valence-electron chi connectivity index (χ1n) is 8.32. The molecule has 0 aliphatic heterocycles. The van der Waals surface area contributed by atoms with Gasteiger partial charge in [0.15, 0.2) is 5.96 Å². The Labute approximate surface area is 151 Å². The molecule has 1 aromatic heterocycles. The monoisotopic (exact) mass is 352 g/mol. The Balaban J connectivity index is 1.53. The summed E-state index contributed by atoms with van der Waals surface area (Å²) in [5, 5.41) is 10.6. The molecule has 3 rings (SSSR count). The largest absolute Gasteiger partial charge is 0.352 e. The van der Waals surface area contributed by atoms with Gasteiger partial charge in [0.25, 0.3) is 0 Å². The first-order valence-corrected chi connectivity index (χ1v) is 8.32. The molecule has 3 aromatic rings. The lowest BCUT2D eigenvalue weighted by Crippen LogP contribution is -2.36. The van der Waals surface area contributed by atoms with E-state index in [0.29, 0.717) is 25.6 Å². The van der Waals surface area contributed by atoms with Crippen molar-refractivity contribution < 1.29 is 4.39 Å². The molecule has 0 atom stereocenters. The van der Waals surface area contributed by atoms with E-state index in [2.05, 4.69) is 43.9 Å². The van der Waals surface area contributed by atoms with Crippen LogP contribution in [0.3, 0.4) is 0 Å². The van der Waals surface area contributed by atoms with Crippen LogP contribution in [-0.4, -0.2) is 27.8 Å². The SMILES string of the molecule is CN=C(NCc1cccc(F)c1)NCc1cccc(Cn2cncn2)c1. The van der Waals surface area contributed by atoms with Gasteiger partial charge in [-0.05, 0) is 28.8 Å². The number of hydrogen-bond donors (Lipinski definition) is 2. The fourth-order valence-electron chi connectivity index (χ4n) is 2.58. The van der Waals surface area contributed by atoms with E-state index in [1.54, 1.807) is 24.1 Å². The molecule has 0 radical (unpaired) electrons. The Kier molecular flexibility index (Phi) is 5.92. The van der Waals surface area contributed by atoms with E-state index in [1.807, 2.05) is 12.1 Å². The molecular weight excluding hydrogens is 331 g/mol. The van der Waals surface area contributed by atoms with Crippen molar-refractivity contribution in [2.24, 2.45) is 4.99 Å². The summed E-state index contributed by atoms with van der Waals surface area (Å²) in [5.41, 5.74) is 3.15. The molecule has 0 aliphatic carbocycles. The molecule has 0 unspecified atom stereocenters. The van der Waals surface area contributed by atoms with Crippen molar-refractivity contribution >= 4 is 5.96 Å². The summed E-state index contributed by atoms with van der Waals surface area (Å²) in [6, 6.07) is 14.8. The summed E-state index contributed by atoms with van der Waals surface area (Å²) in [7, 11) is 1.71. The van der Waals surface area contributed by atoms with Crippen LogP contribution in [0.25, 0.3) is 0 Å². The number of nitrogens with one attached hydrogen (secondary N) is 2. The molecule has 0 bridgehead atoms. The minimum atomic E-state index is -0.239. The van der Waals surface area contributed by atoms with Gasteiger partial charge in [-0.25, -0.2) is 14.1 Å². The van der Waals surface area contributed by atoms with Gasteiger partial charge in [0, 0.05) is 20.1 Å². The van der Waals surface area contributed by atoms with Crippen molar-refractivity contribution in [3.05, 3.63) is 83.7 Å². The van der Waals surface area contributed by atoms with Gasteiger partial charge in [0.05, 0.1) is 6.54 Å². The number of hydrogen-bond acceptors (Lipinski definition) is 3. The average Bonchev–Trinajstić information content (AvgIpc) is 3.15. The van der Waals surface area contributed by atoms with E-state index < -0.39 is 0 Å². The molecule has 134 valence electrons. The standard InChI is InChI=1S/C19H21FN6/c1-21-19(24-11-16-5-3-7-18(20)9-16)23-10-15-4-2-6-17(8-15)12-26-14-22-13-25-26/h2-9,13-14H,10-12H2,1H3,(H2,21,23,24). The van der Waals surface area contributed by atoms with Crippen LogP contribution in [0.5, 0.6) is 0 Å². The minimum Gasteiger partial charge on any atom is -0.352 e. The van der Waals surface area contributed by atoms with Crippen molar-refractivity contribution in [1.82, 2.24) is 25.4 Å². The second-order valence-electron chi connectivity index (χ2n) is 5.82. The minimum absolute atomic E-state index is 0.239. The molecule has 0 fully saturated rings. The van der Waals surface area contributed by atoms with Gasteiger partial charge < -0.3 is 10.6 Å². The molecule has 6 nitrogen and oxygen atoms in total. The van der Waals surface area contributed by atoms with Crippen LogP contribution in [0.15, 0.2) is 66.2 Å². The third-order valence-corrected chi connectivity index (χ3v) is 3.84. The Morgan fingerprint density at radius 1 is 1.04 bits per heavy atom. The third kappa shape index (κ3) is 5.14. The molecule has 0 amide bonds. The van der Waals surface area contributed by atoms with Gasteiger partial charge in [0.1, 0.15) is 18.5 Å². The molecule has 0 aliphatic rings. The van der Waals surface area contributed by atoms with Crippen LogP contribution in [0, 0.1) is 5.82 Å². The second-order valence-corrected chi connectivity index (χ2v) is 5.82. The van der Waals surface area contributed by atoms with Crippen molar-refractivity contribution in [3.63, 3.8) is 0 Å². The number of halogens is 1. The van der Waals surface area contributed by atoms with Crippen LogP contribution in [-0.2, 0) is 19.6 Å². The maximum absolute atomic E-state index is 13.2. The molecule has 0 saturated heterocycles. The third-order valence-electron chi connectivity index (χ3n) is 3.84. The molecule has 1 heterocycles. The smallest absolute Gasteiger partial charge is 0.191 e. The van der Waals surface area contributed by atoms with E-state index in [9.17, 15) is 4.39 Å². The molecule has 0 saturated carbocycles. The normalized spacial score (nSPS) is 11.4. The lowest BCUT2D eigenvalue weighted by Gasteiger charge is -2.13. The Morgan fingerprint density at radius 3 is 2.38 bits per heavy atom. The van der Waals surface area contributed by atoms with Crippen LogP contribution >= 0.6 is 0 Å². The van der Waals surface area contributed by atoms with Gasteiger partial charge in [-0.15, -0.1) is 0 Å². The van der Waals surface area contributed by atoms with Gasteiger partial charge in [0.2, 0.25) is 0 Å². The maximum atomic E-state index is 13.2. The molecule has 2 aromatic carbocycles. The molecule has 2 N–H and O–H groups in total.